The normalized spacial score (nSPS) is 19.9. The Labute approximate surface area is 142 Å². The van der Waals surface area contributed by atoms with E-state index in [1.807, 2.05) is 25.5 Å². The van der Waals surface area contributed by atoms with Crippen LogP contribution in [0.15, 0.2) is 6.20 Å². The van der Waals surface area contributed by atoms with E-state index < -0.39 is 5.60 Å². The predicted molar refractivity (Wildman–Crippen MR) is 90.4 cm³/mol. The standard InChI is InChI=1S/C16H27ClN4O2/c1-5-7-21-14(12(17)9-19-21)13(18)11-6-8-20(10-11)15(22)23-16(2,3)4/h9,11,13H,5-8,10,18H2,1-4H3. The molecule has 7 heteroatoms. The second-order valence-electron chi connectivity index (χ2n) is 7.10. The molecular formula is C16H27ClN4O2. The molecule has 0 aromatic carbocycles. The van der Waals surface area contributed by atoms with Crippen LogP contribution >= 0.6 is 11.6 Å². The molecule has 0 bridgehead atoms. The number of halogens is 1. The Morgan fingerprint density at radius 1 is 1.57 bits per heavy atom. The fourth-order valence-corrected chi connectivity index (χ4v) is 3.16. The molecule has 0 saturated carbocycles. The molecule has 1 amide bonds. The van der Waals surface area contributed by atoms with Gasteiger partial charge in [0.15, 0.2) is 0 Å². The van der Waals surface area contributed by atoms with Gasteiger partial charge in [0.1, 0.15) is 5.60 Å². The van der Waals surface area contributed by atoms with Crippen molar-refractivity contribution in [2.45, 2.75) is 58.7 Å². The van der Waals surface area contributed by atoms with E-state index in [9.17, 15) is 4.79 Å². The van der Waals surface area contributed by atoms with Gasteiger partial charge in [-0.2, -0.15) is 5.10 Å². The van der Waals surface area contributed by atoms with Gasteiger partial charge in [-0.05, 0) is 39.5 Å². The fourth-order valence-electron chi connectivity index (χ4n) is 2.89. The number of likely N-dealkylation sites (tertiary alicyclic amines) is 1. The molecule has 1 aliphatic rings. The molecule has 1 fully saturated rings. The molecule has 2 N–H and O–H groups in total. The fraction of sp³-hybridized carbons (Fsp3) is 0.750. The van der Waals surface area contributed by atoms with E-state index >= 15 is 0 Å². The number of carbonyl (C=O) groups excluding carboxylic acids is 1. The lowest BCUT2D eigenvalue weighted by atomic mass is 9.97. The van der Waals surface area contributed by atoms with Gasteiger partial charge in [-0.3, -0.25) is 4.68 Å². The van der Waals surface area contributed by atoms with Crippen molar-refractivity contribution >= 4 is 17.7 Å². The van der Waals surface area contributed by atoms with Crippen LogP contribution in [0.4, 0.5) is 4.79 Å². The van der Waals surface area contributed by atoms with Crippen LogP contribution in [0.3, 0.4) is 0 Å². The summed E-state index contributed by atoms with van der Waals surface area (Å²) < 4.78 is 7.31. The van der Waals surface area contributed by atoms with Crippen molar-refractivity contribution in [1.82, 2.24) is 14.7 Å². The second-order valence-corrected chi connectivity index (χ2v) is 7.51. The average Bonchev–Trinajstić information content (AvgIpc) is 3.04. The molecule has 1 saturated heterocycles. The molecule has 6 nitrogen and oxygen atoms in total. The van der Waals surface area contributed by atoms with E-state index in [2.05, 4.69) is 12.0 Å². The Morgan fingerprint density at radius 3 is 2.87 bits per heavy atom. The third kappa shape index (κ3) is 4.38. The number of carbonyl (C=O) groups is 1. The number of aryl methyl sites for hydroxylation is 1. The van der Waals surface area contributed by atoms with Gasteiger partial charge < -0.3 is 15.4 Å². The first-order valence-corrected chi connectivity index (χ1v) is 8.55. The van der Waals surface area contributed by atoms with E-state index in [4.69, 9.17) is 22.1 Å². The highest BCUT2D eigenvalue weighted by molar-refractivity contribution is 6.31. The maximum Gasteiger partial charge on any atom is 0.410 e. The van der Waals surface area contributed by atoms with E-state index in [-0.39, 0.29) is 18.1 Å². The molecule has 0 spiro atoms. The van der Waals surface area contributed by atoms with Crippen LogP contribution in [0.2, 0.25) is 5.02 Å². The van der Waals surface area contributed by atoms with Gasteiger partial charge in [-0.25, -0.2) is 4.79 Å². The van der Waals surface area contributed by atoms with Gasteiger partial charge in [0.25, 0.3) is 0 Å². The zero-order valence-electron chi connectivity index (χ0n) is 14.4. The summed E-state index contributed by atoms with van der Waals surface area (Å²) in [6.07, 6.45) is 3.17. The Morgan fingerprint density at radius 2 is 2.26 bits per heavy atom. The predicted octanol–water partition coefficient (Wildman–Crippen LogP) is 3.20. The first-order valence-electron chi connectivity index (χ1n) is 8.17. The number of rotatable bonds is 4. The number of aromatic nitrogens is 2. The zero-order chi connectivity index (χ0) is 17.2. The maximum absolute atomic E-state index is 12.2. The Bertz CT molecular complexity index is 553. The third-order valence-corrected chi connectivity index (χ3v) is 4.26. The Balaban J connectivity index is 2.04. The van der Waals surface area contributed by atoms with Crippen LogP contribution in [0.5, 0.6) is 0 Å². The smallest absolute Gasteiger partial charge is 0.410 e. The van der Waals surface area contributed by atoms with E-state index in [0.29, 0.717) is 18.1 Å². The van der Waals surface area contributed by atoms with E-state index in [1.54, 1.807) is 11.1 Å². The van der Waals surface area contributed by atoms with Gasteiger partial charge in [0, 0.05) is 19.6 Å². The topological polar surface area (TPSA) is 73.4 Å². The molecule has 2 unspecified atom stereocenters. The molecule has 1 aromatic rings. The summed E-state index contributed by atoms with van der Waals surface area (Å²) in [5, 5.41) is 4.90. The summed E-state index contributed by atoms with van der Waals surface area (Å²) in [5.41, 5.74) is 6.82. The van der Waals surface area contributed by atoms with Crippen molar-refractivity contribution in [3.63, 3.8) is 0 Å². The van der Waals surface area contributed by atoms with Crippen LogP contribution < -0.4 is 5.73 Å². The van der Waals surface area contributed by atoms with Crippen LogP contribution in [-0.2, 0) is 11.3 Å². The summed E-state index contributed by atoms with van der Waals surface area (Å²) in [6, 6.07) is -0.232. The summed E-state index contributed by atoms with van der Waals surface area (Å²) in [6.45, 7) is 9.73. The lowest BCUT2D eigenvalue weighted by molar-refractivity contribution is 0.0286. The minimum Gasteiger partial charge on any atom is -0.444 e. The molecule has 0 radical (unpaired) electrons. The van der Waals surface area contributed by atoms with Gasteiger partial charge >= 0.3 is 6.09 Å². The molecular weight excluding hydrogens is 316 g/mol. The number of ether oxygens (including phenoxy) is 1. The molecule has 1 aromatic heterocycles. The van der Waals surface area contributed by atoms with Gasteiger partial charge in [-0.15, -0.1) is 0 Å². The molecule has 23 heavy (non-hydrogen) atoms. The number of hydrogen-bond acceptors (Lipinski definition) is 4. The zero-order valence-corrected chi connectivity index (χ0v) is 15.1. The highest BCUT2D eigenvalue weighted by Crippen LogP contribution is 2.32. The maximum atomic E-state index is 12.2. The van der Waals surface area contributed by atoms with Gasteiger partial charge in [0.2, 0.25) is 0 Å². The summed E-state index contributed by atoms with van der Waals surface area (Å²) >= 11 is 6.27. The van der Waals surface area contributed by atoms with Crippen molar-refractivity contribution in [2.75, 3.05) is 13.1 Å². The largest absolute Gasteiger partial charge is 0.444 e. The highest BCUT2D eigenvalue weighted by atomic mass is 35.5. The summed E-state index contributed by atoms with van der Waals surface area (Å²) in [7, 11) is 0. The highest BCUT2D eigenvalue weighted by Gasteiger charge is 2.35. The van der Waals surface area contributed by atoms with Crippen molar-refractivity contribution in [2.24, 2.45) is 11.7 Å². The number of hydrogen-bond donors (Lipinski definition) is 1. The lowest BCUT2D eigenvalue weighted by Crippen LogP contribution is -2.36. The molecule has 2 rings (SSSR count). The summed E-state index contributed by atoms with van der Waals surface area (Å²) in [5.74, 6) is 0.160. The molecule has 0 aliphatic carbocycles. The molecule has 2 atom stereocenters. The molecule has 130 valence electrons. The van der Waals surface area contributed by atoms with Crippen LogP contribution in [0.25, 0.3) is 0 Å². The monoisotopic (exact) mass is 342 g/mol. The third-order valence-electron chi connectivity index (χ3n) is 3.97. The lowest BCUT2D eigenvalue weighted by Gasteiger charge is -2.25. The molecule has 2 heterocycles. The first-order chi connectivity index (χ1) is 10.7. The first kappa shape index (κ1) is 18.1. The van der Waals surface area contributed by atoms with E-state index in [0.717, 1.165) is 25.1 Å². The number of nitrogens with two attached hydrogens (primary N) is 1. The Kier molecular flexibility index (Phi) is 5.57. The van der Waals surface area contributed by atoms with Gasteiger partial charge in [0.05, 0.1) is 23.0 Å². The van der Waals surface area contributed by atoms with Crippen LogP contribution in [0.1, 0.15) is 52.3 Å². The van der Waals surface area contributed by atoms with Crippen LogP contribution in [0, 0.1) is 5.92 Å². The SMILES string of the molecule is CCCn1ncc(Cl)c1C(N)C1CCN(C(=O)OC(C)(C)C)C1. The summed E-state index contributed by atoms with van der Waals surface area (Å²) in [4.78, 5) is 13.9. The minimum atomic E-state index is -0.486. The van der Waals surface area contributed by atoms with Crippen LogP contribution in [-0.4, -0.2) is 39.5 Å². The second kappa shape index (κ2) is 7.09. The minimum absolute atomic E-state index is 0.160. The quantitative estimate of drug-likeness (QED) is 0.911. The van der Waals surface area contributed by atoms with E-state index in [1.165, 1.54) is 0 Å². The van der Waals surface area contributed by atoms with Crippen molar-refractivity contribution in [3.05, 3.63) is 16.9 Å². The molecule has 1 aliphatic heterocycles. The Hall–Kier alpha value is -1.27. The number of amides is 1. The van der Waals surface area contributed by atoms with Crippen molar-refractivity contribution in [3.8, 4) is 0 Å². The average molecular weight is 343 g/mol. The number of nitrogens with zero attached hydrogens (tertiary/aromatic N) is 3. The van der Waals surface area contributed by atoms with Crippen molar-refractivity contribution in [1.29, 1.82) is 0 Å². The van der Waals surface area contributed by atoms with Gasteiger partial charge in [-0.1, -0.05) is 18.5 Å². The van der Waals surface area contributed by atoms with Crippen molar-refractivity contribution < 1.29 is 9.53 Å².